The number of β-amino-alcohol motifs (C(OH)–C–C–N with tert-alkyl or cyclic N) is 1. The van der Waals surface area contributed by atoms with E-state index in [4.69, 9.17) is 9.84 Å². The molecule has 20 heavy (non-hydrogen) atoms. The number of carboxylic acids is 1. The van der Waals surface area contributed by atoms with E-state index in [9.17, 15) is 14.7 Å². The zero-order valence-corrected chi connectivity index (χ0v) is 12.3. The molecule has 0 saturated carbocycles. The van der Waals surface area contributed by atoms with Crippen molar-refractivity contribution in [2.75, 3.05) is 26.8 Å². The molecule has 2 N–H and O–H groups in total. The molecular formula is C13H24N2O5. The molecule has 1 rings (SSSR count). The Balaban J connectivity index is 2.84. The summed E-state index contributed by atoms with van der Waals surface area (Å²) in [6.07, 6.45) is 0.0739. The van der Waals surface area contributed by atoms with E-state index in [1.165, 1.54) is 4.90 Å². The first-order chi connectivity index (χ1) is 9.42. The fourth-order valence-electron chi connectivity index (χ4n) is 2.34. The fourth-order valence-corrected chi connectivity index (χ4v) is 2.34. The quantitative estimate of drug-likeness (QED) is 0.737. The Morgan fingerprint density at radius 2 is 2.15 bits per heavy atom. The molecule has 0 aromatic carbocycles. The Hall–Kier alpha value is -1.34. The molecule has 1 saturated heterocycles. The molecule has 1 fully saturated rings. The van der Waals surface area contributed by atoms with Crippen molar-refractivity contribution in [2.24, 2.45) is 0 Å². The van der Waals surface area contributed by atoms with Crippen LogP contribution < -0.4 is 0 Å². The maximum absolute atomic E-state index is 12.5. The van der Waals surface area contributed by atoms with Crippen LogP contribution in [0.15, 0.2) is 0 Å². The van der Waals surface area contributed by atoms with Crippen LogP contribution in [0.3, 0.4) is 0 Å². The second-order valence-electron chi connectivity index (χ2n) is 5.12. The summed E-state index contributed by atoms with van der Waals surface area (Å²) in [5.74, 6) is -1.08. The van der Waals surface area contributed by atoms with Gasteiger partial charge in [-0.25, -0.2) is 9.59 Å². The third-order valence-corrected chi connectivity index (χ3v) is 3.71. The molecule has 0 aliphatic carbocycles. The lowest BCUT2D eigenvalue weighted by Crippen LogP contribution is -2.51. The number of urea groups is 1. The Bertz CT molecular complexity index is 350. The third kappa shape index (κ3) is 3.83. The van der Waals surface area contributed by atoms with Crippen molar-refractivity contribution in [3.05, 3.63) is 0 Å². The zero-order valence-electron chi connectivity index (χ0n) is 12.3. The molecule has 0 spiro atoms. The number of aliphatic hydroxyl groups is 1. The highest BCUT2D eigenvalue weighted by Gasteiger charge is 2.41. The number of carboxylic acid groups (broad SMARTS) is 1. The molecular weight excluding hydrogens is 264 g/mol. The van der Waals surface area contributed by atoms with Crippen LogP contribution >= 0.6 is 0 Å². The van der Waals surface area contributed by atoms with Crippen LogP contribution in [-0.2, 0) is 9.53 Å². The molecule has 1 aliphatic heterocycles. The van der Waals surface area contributed by atoms with Gasteiger partial charge in [-0.3, -0.25) is 0 Å². The van der Waals surface area contributed by atoms with E-state index in [-0.39, 0.29) is 25.0 Å². The maximum atomic E-state index is 12.5. The first kappa shape index (κ1) is 16.7. The van der Waals surface area contributed by atoms with Gasteiger partial charge in [0.1, 0.15) is 6.04 Å². The van der Waals surface area contributed by atoms with Gasteiger partial charge in [0.15, 0.2) is 0 Å². The Kier molecular flexibility index (Phi) is 6.22. The summed E-state index contributed by atoms with van der Waals surface area (Å²) in [5, 5.41) is 18.8. The maximum Gasteiger partial charge on any atom is 0.326 e. The number of amides is 2. The van der Waals surface area contributed by atoms with Crippen molar-refractivity contribution < 1.29 is 24.5 Å². The van der Waals surface area contributed by atoms with Gasteiger partial charge in [-0.05, 0) is 13.3 Å². The minimum Gasteiger partial charge on any atom is -0.480 e. The molecule has 1 aliphatic rings. The Morgan fingerprint density at radius 1 is 1.50 bits per heavy atom. The van der Waals surface area contributed by atoms with Crippen LogP contribution in [0, 0.1) is 0 Å². The SMILES string of the molecule is CCC(C)N(CCOC)C(=O)N1C[C@H](O)C[C@@H]1C(=O)O. The normalized spacial score (nSPS) is 23.7. The molecule has 0 bridgehead atoms. The van der Waals surface area contributed by atoms with Gasteiger partial charge in [0.25, 0.3) is 0 Å². The predicted octanol–water partition coefficient (Wildman–Crippen LogP) is 0.373. The highest BCUT2D eigenvalue weighted by atomic mass is 16.5. The third-order valence-electron chi connectivity index (χ3n) is 3.71. The number of aliphatic hydroxyl groups excluding tert-OH is 1. The average Bonchev–Trinajstić information content (AvgIpc) is 2.80. The second-order valence-corrected chi connectivity index (χ2v) is 5.12. The number of ether oxygens (including phenoxy) is 1. The lowest BCUT2D eigenvalue weighted by atomic mass is 10.2. The van der Waals surface area contributed by atoms with Crippen molar-refractivity contribution in [2.45, 2.75) is 44.9 Å². The standard InChI is InChI=1S/C13H24N2O5/c1-4-9(2)14(5-6-20-3)13(19)15-8-10(16)7-11(15)12(17)18/h9-11,16H,4-8H2,1-3H3,(H,17,18)/t9?,10-,11-/m1/s1. The number of likely N-dealkylation sites (tertiary alicyclic amines) is 1. The van der Waals surface area contributed by atoms with E-state index in [0.29, 0.717) is 13.2 Å². The van der Waals surface area contributed by atoms with Crippen LogP contribution in [0.4, 0.5) is 4.79 Å². The molecule has 0 aromatic heterocycles. The molecule has 7 nitrogen and oxygen atoms in total. The van der Waals surface area contributed by atoms with Crippen molar-refractivity contribution in [3.8, 4) is 0 Å². The van der Waals surface area contributed by atoms with Gasteiger partial charge in [0.2, 0.25) is 0 Å². The molecule has 0 aromatic rings. The van der Waals surface area contributed by atoms with Gasteiger partial charge >= 0.3 is 12.0 Å². The summed E-state index contributed by atoms with van der Waals surface area (Å²) in [6, 6.07) is -1.31. The number of hydrogen-bond donors (Lipinski definition) is 2. The summed E-state index contributed by atoms with van der Waals surface area (Å²) in [7, 11) is 1.55. The molecule has 2 amide bonds. The second kappa shape index (κ2) is 7.44. The number of carbonyl (C=O) groups excluding carboxylic acids is 1. The smallest absolute Gasteiger partial charge is 0.326 e. The van der Waals surface area contributed by atoms with E-state index in [1.807, 2.05) is 13.8 Å². The monoisotopic (exact) mass is 288 g/mol. The van der Waals surface area contributed by atoms with E-state index < -0.39 is 18.1 Å². The van der Waals surface area contributed by atoms with E-state index in [1.54, 1.807) is 12.0 Å². The number of rotatable bonds is 6. The minimum atomic E-state index is -1.08. The van der Waals surface area contributed by atoms with Gasteiger partial charge in [0, 0.05) is 32.7 Å². The summed E-state index contributed by atoms with van der Waals surface area (Å²) < 4.78 is 5.00. The van der Waals surface area contributed by atoms with E-state index in [0.717, 1.165) is 6.42 Å². The lowest BCUT2D eigenvalue weighted by molar-refractivity contribution is -0.141. The molecule has 0 radical (unpaired) electrons. The molecule has 7 heteroatoms. The summed E-state index contributed by atoms with van der Waals surface area (Å²) in [4.78, 5) is 26.6. The minimum absolute atomic E-state index is 0.00941. The Morgan fingerprint density at radius 3 is 2.65 bits per heavy atom. The van der Waals surface area contributed by atoms with Gasteiger partial charge in [-0.2, -0.15) is 0 Å². The first-order valence-corrected chi connectivity index (χ1v) is 6.89. The van der Waals surface area contributed by atoms with Gasteiger partial charge in [-0.15, -0.1) is 0 Å². The molecule has 1 unspecified atom stereocenters. The predicted molar refractivity (Wildman–Crippen MR) is 72.5 cm³/mol. The summed E-state index contributed by atoms with van der Waals surface area (Å²) >= 11 is 0. The number of methoxy groups -OCH3 is 1. The van der Waals surface area contributed by atoms with Crippen LogP contribution in [-0.4, -0.2) is 77.0 Å². The summed E-state index contributed by atoms with van der Waals surface area (Å²) in [6.45, 7) is 4.74. The zero-order chi connectivity index (χ0) is 15.3. The number of aliphatic carboxylic acids is 1. The Labute approximate surface area is 119 Å². The van der Waals surface area contributed by atoms with Gasteiger partial charge in [0.05, 0.1) is 12.7 Å². The molecule has 116 valence electrons. The van der Waals surface area contributed by atoms with Crippen LogP contribution in [0.5, 0.6) is 0 Å². The van der Waals surface area contributed by atoms with Crippen LogP contribution in [0.1, 0.15) is 26.7 Å². The average molecular weight is 288 g/mol. The van der Waals surface area contributed by atoms with E-state index in [2.05, 4.69) is 0 Å². The highest BCUT2D eigenvalue weighted by Crippen LogP contribution is 2.21. The molecule has 1 heterocycles. The number of hydrogen-bond acceptors (Lipinski definition) is 4. The van der Waals surface area contributed by atoms with Crippen molar-refractivity contribution in [1.82, 2.24) is 9.80 Å². The molecule has 3 atom stereocenters. The van der Waals surface area contributed by atoms with Crippen LogP contribution in [0.2, 0.25) is 0 Å². The number of nitrogens with zero attached hydrogens (tertiary/aromatic N) is 2. The largest absolute Gasteiger partial charge is 0.480 e. The lowest BCUT2D eigenvalue weighted by Gasteiger charge is -2.34. The van der Waals surface area contributed by atoms with Crippen LogP contribution in [0.25, 0.3) is 0 Å². The fraction of sp³-hybridized carbons (Fsp3) is 0.846. The van der Waals surface area contributed by atoms with Crippen molar-refractivity contribution in [3.63, 3.8) is 0 Å². The highest BCUT2D eigenvalue weighted by molar-refractivity contribution is 5.83. The summed E-state index contributed by atoms with van der Waals surface area (Å²) in [5.41, 5.74) is 0. The van der Waals surface area contributed by atoms with Crippen molar-refractivity contribution >= 4 is 12.0 Å². The number of carbonyl (C=O) groups is 2. The van der Waals surface area contributed by atoms with Gasteiger partial charge < -0.3 is 24.7 Å². The van der Waals surface area contributed by atoms with E-state index >= 15 is 0 Å². The first-order valence-electron chi connectivity index (χ1n) is 6.89. The van der Waals surface area contributed by atoms with Gasteiger partial charge in [-0.1, -0.05) is 6.92 Å². The topological polar surface area (TPSA) is 90.3 Å². The van der Waals surface area contributed by atoms with Crippen molar-refractivity contribution in [1.29, 1.82) is 0 Å².